The van der Waals surface area contributed by atoms with E-state index < -0.39 is 0 Å². The summed E-state index contributed by atoms with van der Waals surface area (Å²) in [6, 6.07) is 13.7. The van der Waals surface area contributed by atoms with Crippen molar-refractivity contribution >= 4 is 23.2 Å². The molecule has 0 atom stereocenters. The number of aromatic nitrogens is 1. The van der Waals surface area contributed by atoms with E-state index in [-0.39, 0.29) is 5.41 Å². The molecule has 0 radical (unpaired) electrons. The molecule has 2 aromatic rings. The van der Waals surface area contributed by atoms with Crippen LogP contribution in [-0.2, 0) is 5.41 Å². The smallest absolute Gasteiger partial charge is 0.270 e. The van der Waals surface area contributed by atoms with Crippen LogP contribution in [0.2, 0.25) is 0 Å². The van der Waals surface area contributed by atoms with Crippen LogP contribution in [0.25, 0.3) is 0 Å². The summed E-state index contributed by atoms with van der Waals surface area (Å²) >= 11 is 5.34. The van der Waals surface area contributed by atoms with Crippen molar-refractivity contribution in [1.82, 2.24) is 4.98 Å². The molecule has 1 aromatic carbocycles. The molecule has 4 heteroatoms. The van der Waals surface area contributed by atoms with E-state index in [0.717, 1.165) is 11.6 Å². The first-order valence-electron chi connectivity index (χ1n) is 6.85. The molecule has 0 fully saturated rings. The van der Waals surface area contributed by atoms with Gasteiger partial charge in [-0.15, -0.1) is 0 Å². The van der Waals surface area contributed by atoms with E-state index in [1.807, 2.05) is 43.4 Å². The zero-order valence-electron chi connectivity index (χ0n) is 12.8. The normalized spacial score (nSPS) is 11.0. The molecule has 0 aliphatic heterocycles. The summed E-state index contributed by atoms with van der Waals surface area (Å²) in [6.45, 7) is 6.51. The van der Waals surface area contributed by atoms with Crippen molar-refractivity contribution in [2.75, 3.05) is 11.9 Å². The van der Waals surface area contributed by atoms with Crippen LogP contribution in [0.15, 0.2) is 48.7 Å². The van der Waals surface area contributed by atoms with Crippen molar-refractivity contribution in [2.24, 2.45) is 0 Å². The number of anilines is 1. The highest BCUT2D eigenvalue weighted by atomic mass is 32.1. The quantitative estimate of drug-likeness (QED) is 0.777. The molecule has 0 saturated heterocycles. The van der Waals surface area contributed by atoms with Gasteiger partial charge >= 0.3 is 0 Å². The third-order valence-corrected chi connectivity index (χ3v) is 3.53. The maximum absolute atomic E-state index is 5.78. The molecule has 1 heterocycles. The Hall–Kier alpha value is -1.94. The number of pyridine rings is 1. The Morgan fingerprint density at radius 2 is 1.90 bits per heavy atom. The van der Waals surface area contributed by atoms with E-state index in [1.165, 1.54) is 5.56 Å². The number of benzene rings is 1. The second-order valence-corrected chi connectivity index (χ2v) is 6.24. The van der Waals surface area contributed by atoms with Crippen LogP contribution in [0, 0.1) is 0 Å². The largest absolute Gasteiger partial charge is 0.432 e. The molecule has 3 nitrogen and oxygen atoms in total. The maximum Gasteiger partial charge on any atom is 0.270 e. The standard InChI is InChI=1S/C17H20N2OS/c1-17(2,3)13-8-7-9-14(12-13)20-16(21)19(4)15-10-5-6-11-18-15/h5-12H,1-4H3. The lowest BCUT2D eigenvalue weighted by atomic mass is 9.87. The summed E-state index contributed by atoms with van der Waals surface area (Å²) in [5, 5.41) is 0.375. The van der Waals surface area contributed by atoms with Gasteiger partial charge < -0.3 is 4.74 Å². The van der Waals surface area contributed by atoms with Crippen molar-refractivity contribution in [2.45, 2.75) is 26.2 Å². The van der Waals surface area contributed by atoms with Gasteiger partial charge in [-0.1, -0.05) is 39.0 Å². The van der Waals surface area contributed by atoms with E-state index in [1.54, 1.807) is 11.1 Å². The molecule has 21 heavy (non-hydrogen) atoms. The van der Waals surface area contributed by atoms with Gasteiger partial charge in [0.2, 0.25) is 0 Å². The lowest BCUT2D eigenvalue weighted by Gasteiger charge is -2.21. The predicted molar refractivity (Wildman–Crippen MR) is 91.0 cm³/mol. The second-order valence-electron chi connectivity index (χ2n) is 5.89. The Morgan fingerprint density at radius 1 is 1.14 bits per heavy atom. The van der Waals surface area contributed by atoms with Gasteiger partial charge in [-0.05, 0) is 47.5 Å². The summed E-state index contributed by atoms with van der Waals surface area (Å²) in [5.41, 5.74) is 1.29. The lowest BCUT2D eigenvalue weighted by Crippen LogP contribution is -2.29. The molecule has 0 saturated carbocycles. The van der Waals surface area contributed by atoms with Gasteiger partial charge in [0.25, 0.3) is 5.17 Å². The van der Waals surface area contributed by atoms with E-state index in [4.69, 9.17) is 17.0 Å². The van der Waals surface area contributed by atoms with Crippen LogP contribution < -0.4 is 9.64 Å². The van der Waals surface area contributed by atoms with Gasteiger partial charge in [0.1, 0.15) is 11.6 Å². The van der Waals surface area contributed by atoms with E-state index in [2.05, 4.69) is 31.8 Å². The van der Waals surface area contributed by atoms with Crippen LogP contribution in [0.5, 0.6) is 5.75 Å². The average Bonchev–Trinajstić information content (AvgIpc) is 2.47. The molecule has 0 aliphatic rings. The highest BCUT2D eigenvalue weighted by molar-refractivity contribution is 7.80. The number of rotatable bonds is 2. The van der Waals surface area contributed by atoms with E-state index in [0.29, 0.717) is 5.17 Å². The van der Waals surface area contributed by atoms with E-state index in [9.17, 15) is 0 Å². The molecule has 1 aromatic heterocycles. The fraction of sp³-hybridized carbons (Fsp3) is 0.294. The molecule has 0 amide bonds. The summed E-state index contributed by atoms with van der Waals surface area (Å²) in [7, 11) is 1.85. The molecule has 2 rings (SSSR count). The Labute approximate surface area is 131 Å². The van der Waals surface area contributed by atoms with Gasteiger partial charge in [0.15, 0.2) is 0 Å². The molecule has 0 bridgehead atoms. The Kier molecular flexibility index (Phi) is 4.58. The summed E-state index contributed by atoms with van der Waals surface area (Å²) < 4.78 is 5.78. The number of thiocarbonyl (C=S) groups is 1. The van der Waals surface area contributed by atoms with Gasteiger partial charge in [-0.2, -0.15) is 0 Å². The molecular weight excluding hydrogens is 280 g/mol. The first kappa shape index (κ1) is 15.4. The highest BCUT2D eigenvalue weighted by Gasteiger charge is 2.15. The summed E-state index contributed by atoms with van der Waals surface area (Å²) in [6.07, 6.45) is 1.73. The Morgan fingerprint density at radius 3 is 2.52 bits per heavy atom. The third-order valence-electron chi connectivity index (χ3n) is 3.17. The zero-order valence-corrected chi connectivity index (χ0v) is 13.6. The van der Waals surface area contributed by atoms with Gasteiger partial charge in [-0.25, -0.2) is 4.98 Å². The fourth-order valence-electron chi connectivity index (χ4n) is 1.84. The number of nitrogens with zero attached hydrogens (tertiary/aromatic N) is 2. The molecule has 0 N–H and O–H groups in total. The van der Waals surface area contributed by atoms with Crippen LogP contribution in [0.1, 0.15) is 26.3 Å². The zero-order chi connectivity index (χ0) is 15.5. The molecule has 0 aliphatic carbocycles. The number of hydrogen-bond donors (Lipinski definition) is 0. The Balaban J connectivity index is 2.13. The van der Waals surface area contributed by atoms with Crippen molar-refractivity contribution in [3.63, 3.8) is 0 Å². The second kappa shape index (κ2) is 6.22. The van der Waals surface area contributed by atoms with E-state index >= 15 is 0 Å². The molecule has 0 unspecified atom stereocenters. The topological polar surface area (TPSA) is 25.4 Å². The monoisotopic (exact) mass is 300 g/mol. The lowest BCUT2D eigenvalue weighted by molar-refractivity contribution is 0.540. The van der Waals surface area contributed by atoms with Crippen molar-refractivity contribution < 1.29 is 4.74 Å². The van der Waals surface area contributed by atoms with Crippen LogP contribution in [0.3, 0.4) is 0 Å². The first-order valence-corrected chi connectivity index (χ1v) is 7.26. The van der Waals surface area contributed by atoms with Crippen molar-refractivity contribution in [3.8, 4) is 5.75 Å². The Bertz CT molecular complexity index is 620. The van der Waals surface area contributed by atoms with Crippen LogP contribution in [-0.4, -0.2) is 17.2 Å². The first-order chi connectivity index (χ1) is 9.88. The van der Waals surface area contributed by atoms with Gasteiger partial charge in [0.05, 0.1) is 0 Å². The summed E-state index contributed by atoms with van der Waals surface area (Å²) in [4.78, 5) is 6.01. The predicted octanol–water partition coefficient (Wildman–Crippen LogP) is 4.18. The minimum atomic E-state index is 0.0773. The van der Waals surface area contributed by atoms with Crippen molar-refractivity contribution in [3.05, 3.63) is 54.2 Å². The molecule has 110 valence electrons. The molecular formula is C17H20N2OS. The molecule has 0 spiro atoms. The minimum absolute atomic E-state index is 0.0773. The van der Waals surface area contributed by atoms with Crippen LogP contribution in [0.4, 0.5) is 5.82 Å². The highest BCUT2D eigenvalue weighted by Crippen LogP contribution is 2.26. The van der Waals surface area contributed by atoms with Crippen LogP contribution >= 0.6 is 12.2 Å². The third kappa shape index (κ3) is 4.02. The average molecular weight is 300 g/mol. The fourth-order valence-corrected chi connectivity index (χ4v) is 2.03. The van der Waals surface area contributed by atoms with Gasteiger partial charge in [0, 0.05) is 13.2 Å². The van der Waals surface area contributed by atoms with Crippen molar-refractivity contribution in [1.29, 1.82) is 0 Å². The SMILES string of the molecule is CN(C(=S)Oc1cccc(C(C)(C)C)c1)c1ccccn1. The minimum Gasteiger partial charge on any atom is -0.432 e. The number of ether oxygens (including phenoxy) is 1. The van der Waals surface area contributed by atoms with Gasteiger partial charge in [-0.3, -0.25) is 4.90 Å². The maximum atomic E-state index is 5.78. The summed E-state index contributed by atoms with van der Waals surface area (Å²) in [5.74, 6) is 1.50. The number of hydrogen-bond acceptors (Lipinski definition) is 3.